The fraction of sp³-hybridized carbons (Fsp3) is 0.294. The molecule has 8 heteroatoms. The number of carboxylic acid groups (broad SMARTS) is 1. The van der Waals surface area contributed by atoms with Gasteiger partial charge in [-0.1, -0.05) is 6.07 Å². The van der Waals surface area contributed by atoms with Crippen LogP contribution in [-0.4, -0.2) is 58.0 Å². The summed E-state index contributed by atoms with van der Waals surface area (Å²) in [5.41, 5.74) is 0.223. The number of carbonyl (C=O) groups is 2. The molecular weight excluding hydrogens is 327 g/mol. The fourth-order valence-corrected chi connectivity index (χ4v) is 2.75. The lowest BCUT2D eigenvalue weighted by molar-refractivity contribution is 0.0689. The van der Waals surface area contributed by atoms with E-state index < -0.39 is 11.8 Å². The van der Waals surface area contributed by atoms with Gasteiger partial charge in [0, 0.05) is 31.7 Å². The molecule has 1 fully saturated rings. The highest BCUT2D eigenvalue weighted by Gasteiger charge is 2.21. The molecule has 25 heavy (non-hydrogen) atoms. The van der Waals surface area contributed by atoms with Crippen molar-refractivity contribution in [1.82, 2.24) is 14.9 Å². The third-order valence-electron chi connectivity index (χ3n) is 4.04. The lowest BCUT2D eigenvalue weighted by Crippen LogP contribution is -2.35. The van der Waals surface area contributed by atoms with Gasteiger partial charge in [-0.25, -0.2) is 19.2 Å². The Bertz CT molecular complexity index is 782. The third-order valence-corrected chi connectivity index (χ3v) is 4.04. The first kappa shape index (κ1) is 16.8. The maximum absolute atomic E-state index is 13.3. The molecule has 2 aromatic rings. The molecule has 1 aliphatic rings. The zero-order valence-electron chi connectivity index (χ0n) is 13.4. The van der Waals surface area contributed by atoms with E-state index in [1.165, 1.54) is 30.6 Å². The van der Waals surface area contributed by atoms with E-state index in [4.69, 9.17) is 5.11 Å². The Morgan fingerprint density at radius 2 is 1.92 bits per heavy atom. The van der Waals surface area contributed by atoms with Gasteiger partial charge in [0.15, 0.2) is 5.69 Å². The number of benzene rings is 1. The number of hydrogen-bond acceptors (Lipinski definition) is 5. The highest BCUT2D eigenvalue weighted by atomic mass is 19.1. The van der Waals surface area contributed by atoms with Crippen molar-refractivity contribution in [2.75, 3.05) is 31.1 Å². The van der Waals surface area contributed by atoms with E-state index in [-0.39, 0.29) is 11.6 Å². The number of aromatic carboxylic acids is 1. The molecule has 0 aliphatic carbocycles. The molecule has 0 saturated carbocycles. The summed E-state index contributed by atoms with van der Waals surface area (Å²) in [4.78, 5) is 35.0. The molecule has 1 N–H and O–H groups in total. The van der Waals surface area contributed by atoms with Gasteiger partial charge in [-0.2, -0.15) is 0 Å². The van der Waals surface area contributed by atoms with E-state index in [0.717, 1.165) is 6.42 Å². The number of amides is 1. The van der Waals surface area contributed by atoms with Gasteiger partial charge in [0.1, 0.15) is 11.6 Å². The van der Waals surface area contributed by atoms with Gasteiger partial charge in [-0.05, 0) is 24.6 Å². The Balaban J connectivity index is 1.67. The van der Waals surface area contributed by atoms with E-state index >= 15 is 0 Å². The molecule has 0 bridgehead atoms. The predicted octanol–water partition coefficient (Wildman–Crippen LogP) is 1.67. The zero-order chi connectivity index (χ0) is 17.8. The monoisotopic (exact) mass is 344 g/mol. The smallest absolute Gasteiger partial charge is 0.356 e. The Hall–Kier alpha value is -3.03. The van der Waals surface area contributed by atoms with Crippen molar-refractivity contribution < 1.29 is 19.1 Å². The molecule has 3 rings (SSSR count). The summed E-state index contributed by atoms with van der Waals surface area (Å²) < 4.78 is 13.3. The minimum Gasteiger partial charge on any atom is -0.476 e. The fourth-order valence-electron chi connectivity index (χ4n) is 2.75. The molecular formula is C17H17FN4O3. The maximum atomic E-state index is 13.3. The van der Waals surface area contributed by atoms with E-state index in [9.17, 15) is 14.0 Å². The number of aromatic nitrogens is 2. The molecule has 1 aliphatic heterocycles. The molecule has 0 atom stereocenters. The van der Waals surface area contributed by atoms with Crippen LogP contribution in [0.5, 0.6) is 0 Å². The lowest BCUT2D eigenvalue weighted by Gasteiger charge is -2.22. The van der Waals surface area contributed by atoms with Crippen molar-refractivity contribution >= 4 is 17.7 Å². The SMILES string of the molecule is O=C(O)c1cnc(N2CCCN(C(=O)c3cccc(F)c3)CC2)cn1. The number of carboxylic acids is 1. The van der Waals surface area contributed by atoms with Crippen LogP contribution < -0.4 is 4.90 Å². The van der Waals surface area contributed by atoms with Crippen LogP contribution in [-0.2, 0) is 0 Å². The van der Waals surface area contributed by atoms with Crippen molar-refractivity contribution in [3.05, 3.63) is 53.7 Å². The highest BCUT2D eigenvalue weighted by Crippen LogP contribution is 2.15. The molecule has 2 heterocycles. The van der Waals surface area contributed by atoms with Gasteiger partial charge in [-0.15, -0.1) is 0 Å². The average molecular weight is 344 g/mol. The molecule has 1 amide bonds. The molecule has 130 valence electrons. The van der Waals surface area contributed by atoms with Gasteiger partial charge in [0.25, 0.3) is 5.91 Å². The van der Waals surface area contributed by atoms with Crippen molar-refractivity contribution in [3.8, 4) is 0 Å². The number of halogens is 1. The molecule has 0 unspecified atom stereocenters. The minimum absolute atomic E-state index is 0.110. The summed E-state index contributed by atoms with van der Waals surface area (Å²) in [6, 6.07) is 5.66. The van der Waals surface area contributed by atoms with E-state index in [2.05, 4.69) is 9.97 Å². The largest absolute Gasteiger partial charge is 0.476 e. The van der Waals surface area contributed by atoms with Crippen molar-refractivity contribution in [3.63, 3.8) is 0 Å². The zero-order valence-corrected chi connectivity index (χ0v) is 13.4. The average Bonchev–Trinajstić information content (AvgIpc) is 2.87. The second kappa shape index (κ2) is 7.25. The Morgan fingerprint density at radius 3 is 2.60 bits per heavy atom. The first-order valence-electron chi connectivity index (χ1n) is 7.90. The number of carbonyl (C=O) groups excluding carboxylic acids is 1. The Morgan fingerprint density at radius 1 is 1.08 bits per heavy atom. The predicted molar refractivity (Wildman–Crippen MR) is 88.1 cm³/mol. The van der Waals surface area contributed by atoms with Crippen LogP contribution in [0.1, 0.15) is 27.3 Å². The second-order valence-corrected chi connectivity index (χ2v) is 5.71. The summed E-state index contributed by atoms with van der Waals surface area (Å²) in [6.45, 7) is 2.25. The normalized spacial score (nSPS) is 14.9. The van der Waals surface area contributed by atoms with Gasteiger partial charge in [-0.3, -0.25) is 4.79 Å². The summed E-state index contributed by atoms with van der Waals surface area (Å²) in [5.74, 6) is -1.18. The topological polar surface area (TPSA) is 86.6 Å². The van der Waals surface area contributed by atoms with E-state index in [0.29, 0.717) is 37.6 Å². The number of anilines is 1. The molecule has 1 aromatic heterocycles. The first-order valence-corrected chi connectivity index (χ1v) is 7.90. The molecule has 1 saturated heterocycles. The Kier molecular flexibility index (Phi) is 4.87. The minimum atomic E-state index is -1.12. The summed E-state index contributed by atoms with van der Waals surface area (Å²) in [5, 5.41) is 8.87. The molecule has 0 spiro atoms. The lowest BCUT2D eigenvalue weighted by atomic mass is 10.2. The van der Waals surface area contributed by atoms with Crippen molar-refractivity contribution in [1.29, 1.82) is 0 Å². The van der Waals surface area contributed by atoms with Gasteiger partial charge >= 0.3 is 5.97 Å². The van der Waals surface area contributed by atoms with Gasteiger partial charge in [0.05, 0.1) is 12.4 Å². The van der Waals surface area contributed by atoms with Crippen LogP contribution in [0.15, 0.2) is 36.7 Å². The Labute approximate surface area is 143 Å². The quantitative estimate of drug-likeness (QED) is 0.911. The summed E-state index contributed by atoms with van der Waals surface area (Å²) >= 11 is 0. The molecule has 0 radical (unpaired) electrons. The summed E-state index contributed by atoms with van der Waals surface area (Å²) in [7, 11) is 0. The summed E-state index contributed by atoms with van der Waals surface area (Å²) in [6.07, 6.45) is 3.37. The van der Waals surface area contributed by atoms with Crippen LogP contribution in [0.2, 0.25) is 0 Å². The van der Waals surface area contributed by atoms with E-state index in [1.807, 2.05) is 4.90 Å². The van der Waals surface area contributed by atoms with Crippen molar-refractivity contribution in [2.24, 2.45) is 0 Å². The van der Waals surface area contributed by atoms with Gasteiger partial charge < -0.3 is 14.9 Å². The van der Waals surface area contributed by atoms with Crippen LogP contribution in [0, 0.1) is 5.82 Å². The highest BCUT2D eigenvalue weighted by molar-refractivity contribution is 5.94. The second-order valence-electron chi connectivity index (χ2n) is 5.71. The van der Waals surface area contributed by atoms with Crippen LogP contribution in [0.25, 0.3) is 0 Å². The maximum Gasteiger partial charge on any atom is 0.356 e. The number of nitrogens with zero attached hydrogens (tertiary/aromatic N) is 4. The molecule has 1 aromatic carbocycles. The van der Waals surface area contributed by atoms with Crippen LogP contribution >= 0.6 is 0 Å². The molecule has 7 nitrogen and oxygen atoms in total. The van der Waals surface area contributed by atoms with Crippen LogP contribution in [0.4, 0.5) is 10.2 Å². The standard InChI is InChI=1S/C17H17FN4O3/c18-13-4-1-3-12(9-13)16(23)22-6-2-5-21(7-8-22)15-11-19-14(10-20-15)17(24)25/h1,3-4,9-11H,2,5-8H2,(H,24,25). The van der Waals surface area contributed by atoms with Crippen molar-refractivity contribution in [2.45, 2.75) is 6.42 Å². The number of hydrogen-bond donors (Lipinski definition) is 1. The van der Waals surface area contributed by atoms with E-state index in [1.54, 1.807) is 11.0 Å². The van der Waals surface area contributed by atoms with Gasteiger partial charge in [0.2, 0.25) is 0 Å². The first-order chi connectivity index (χ1) is 12.0. The number of rotatable bonds is 3. The van der Waals surface area contributed by atoms with Crippen LogP contribution in [0.3, 0.4) is 0 Å². The third kappa shape index (κ3) is 3.90.